The molecule has 0 bridgehead atoms. The van der Waals surface area contributed by atoms with Crippen LogP contribution in [0.4, 0.5) is 0 Å². The van der Waals surface area contributed by atoms with Crippen LogP contribution in [0.15, 0.2) is 48.8 Å². The van der Waals surface area contributed by atoms with E-state index in [1.54, 1.807) is 7.11 Å². The van der Waals surface area contributed by atoms with Gasteiger partial charge in [-0.25, -0.2) is 0 Å². The first-order valence-corrected chi connectivity index (χ1v) is 10.1. The second kappa shape index (κ2) is 8.31. The van der Waals surface area contributed by atoms with Crippen molar-refractivity contribution in [2.75, 3.05) is 20.3 Å². The topological polar surface area (TPSA) is 60.5 Å². The number of nitrogens with zero attached hydrogens (tertiary/aromatic N) is 1. The molecule has 1 saturated carbocycles. The summed E-state index contributed by atoms with van der Waals surface area (Å²) in [5.74, 6) is 1.25. The van der Waals surface area contributed by atoms with Gasteiger partial charge in [0.25, 0.3) is 0 Å². The number of rotatable bonds is 6. The van der Waals surface area contributed by atoms with E-state index in [4.69, 9.17) is 9.47 Å². The Balaban J connectivity index is 1.49. The second-order valence-corrected chi connectivity index (χ2v) is 7.95. The van der Waals surface area contributed by atoms with Crippen molar-refractivity contribution >= 4 is 5.91 Å². The highest BCUT2D eigenvalue weighted by molar-refractivity contribution is 5.89. The van der Waals surface area contributed by atoms with Gasteiger partial charge in [-0.1, -0.05) is 25.0 Å². The molecule has 1 aromatic heterocycles. The summed E-state index contributed by atoms with van der Waals surface area (Å²) >= 11 is 0. The summed E-state index contributed by atoms with van der Waals surface area (Å²) in [6.45, 7) is 1.27. The van der Waals surface area contributed by atoms with Gasteiger partial charge in [0.1, 0.15) is 5.75 Å². The summed E-state index contributed by atoms with van der Waals surface area (Å²) in [4.78, 5) is 17.6. The van der Waals surface area contributed by atoms with Gasteiger partial charge in [0.05, 0.1) is 31.8 Å². The molecule has 28 heavy (non-hydrogen) atoms. The predicted octanol–water partition coefficient (Wildman–Crippen LogP) is 3.28. The van der Waals surface area contributed by atoms with E-state index in [0.717, 1.165) is 43.4 Å². The Morgan fingerprint density at radius 2 is 1.86 bits per heavy atom. The highest BCUT2D eigenvalue weighted by Crippen LogP contribution is 2.42. The number of pyridine rings is 1. The van der Waals surface area contributed by atoms with Crippen LogP contribution in [0.2, 0.25) is 0 Å². The zero-order valence-electron chi connectivity index (χ0n) is 16.4. The largest absolute Gasteiger partial charge is 0.497 e. The summed E-state index contributed by atoms with van der Waals surface area (Å²) in [7, 11) is 1.66. The summed E-state index contributed by atoms with van der Waals surface area (Å²) in [5, 5.41) is 3.35. The molecule has 2 fully saturated rings. The van der Waals surface area contributed by atoms with E-state index < -0.39 is 5.41 Å². The summed E-state index contributed by atoms with van der Waals surface area (Å²) in [5.41, 5.74) is 1.89. The van der Waals surface area contributed by atoms with Crippen LogP contribution in [0.1, 0.15) is 36.8 Å². The Kier molecular flexibility index (Phi) is 5.62. The van der Waals surface area contributed by atoms with Crippen LogP contribution in [-0.4, -0.2) is 37.3 Å². The van der Waals surface area contributed by atoms with E-state index in [-0.39, 0.29) is 11.9 Å². The van der Waals surface area contributed by atoms with Crippen molar-refractivity contribution in [1.29, 1.82) is 0 Å². The van der Waals surface area contributed by atoms with Crippen LogP contribution in [-0.2, 0) is 21.4 Å². The molecule has 1 aromatic carbocycles. The number of ether oxygens (including phenoxy) is 2. The molecule has 4 rings (SSSR count). The fourth-order valence-electron chi connectivity index (χ4n) is 4.62. The monoisotopic (exact) mass is 380 g/mol. The molecule has 2 aromatic rings. The van der Waals surface area contributed by atoms with Crippen LogP contribution in [0.25, 0.3) is 0 Å². The van der Waals surface area contributed by atoms with Gasteiger partial charge < -0.3 is 14.8 Å². The molecular weight excluding hydrogens is 352 g/mol. The first-order valence-electron chi connectivity index (χ1n) is 10.1. The quantitative estimate of drug-likeness (QED) is 0.836. The minimum absolute atomic E-state index is 0.0522. The van der Waals surface area contributed by atoms with Gasteiger partial charge in [-0.2, -0.15) is 0 Å². The van der Waals surface area contributed by atoms with Gasteiger partial charge in [-0.15, -0.1) is 0 Å². The number of carbonyl (C=O) groups is 1. The first-order chi connectivity index (χ1) is 13.7. The summed E-state index contributed by atoms with van der Waals surface area (Å²) in [6.07, 6.45) is 8.48. The van der Waals surface area contributed by atoms with Crippen molar-refractivity contribution in [3.63, 3.8) is 0 Å². The van der Waals surface area contributed by atoms with Crippen LogP contribution in [0, 0.1) is 5.92 Å². The Labute approximate surface area is 166 Å². The maximum Gasteiger partial charge on any atom is 0.230 e. The summed E-state index contributed by atoms with van der Waals surface area (Å²) in [6, 6.07) is 12.1. The van der Waals surface area contributed by atoms with Crippen molar-refractivity contribution in [3.05, 3.63) is 59.9 Å². The highest BCUT2D eigenvalue weighted by Gasteiger charge is 2.44. The van der Waals surface area contributed by atoms with Crippen LogP contribution < -0.4 is 10.1 Å². The molecule has 2 heterocycles. The number of carbonyl (C=O) groups excluding carboxylic acids is 1. The third-order valence-corrected chi connectivity index (χ3v) is 6.30. The van der Waals surface area contributed by atoms with Crippen LogP contribution in [0.5, 0.6) is 5.75 Å². The number of methoxy groups -OCH3 is 1. The molecule has 1 saturated heterocycles. The maximum absolute atomic E-state index is 13.5. The average Bonchev–Trinajstić information content (AvgIpc) is 3.40. The molecule has 1 N–H and O–H groups in total. The normalized spacial score (nSPS) is 23.5. The molecular formula is C23H28N2O3. The van der Waals surface area contributed by atoms with Gasteiger partial charge in [0, 0.05) is 18.3 Å². The molecule has 0 radical (unpaired) electrons. The lowest BCUT2D eigenvalue weighted by atomic mass is 9.77. The number of hydrogen-bond acceptors (Lipinski definition) is 4. The van der Waals surface area contributed by atoms with Gasteiger partial charge >= 0.3 is 0 Å². The molecule has 1 aliphatic heterocycles. The van der Waals surface area contributed by atoms with E-state index >= 15 is 0 Å². The molecule has 0 spiro atoms. The van der Waals surface area contributed by atoms with E-state index in [1.165, 1.54) is 5.56 Å². The van der Waals surface area contributed by atoms with Gasteiger partial charge in [0.15, 0.2) is 0 Å². The smallest absolute Gasteiger partial charge is 0.230 e. The fourth-order valence-corrected chi connectivity index (χ4v) is 4.62. The van der Waals surface area contributed by atoms with E-state index in [9.17, 15) is 4.79 Å². The molecule has 1 amide bonds. The lowest BCUT2D eigenvalue weighted by Gasteiger charge is -2.31. The van der Waals surface area contributed by atoms with Crippen molar-refractivity contribution in [2.45, 2.75) is 43.6 Å². The Hall–Kier alpha value is -2.40. The fraction of sp³-hybridized carbons (Fsp3) is 0.478. The lowest BCUT2D eigenvalue weighted by Crippen LogP contribution is -2.49. The molecule has 2 atom stereocenters. The standard InChI is InChI=1S/C23H28N2O3/c1-27-20-6-4-19(5-7-20)23(10-2-3-11-23)22(26)25-21-16-28-15-18(21)14-17-8-12-24-13-9-17/h4-9,12-13,18,21H,2-3,10-11,14-16H2,1H3,(H,25,26). The molecule has 2 aliphatic rings. The number of benzene rings is 1. The first kappa shape index (κ1) is 18.9. The average molecular weight is 380 g/mol. The van der Waals surface area contributed by atoms with E-state index in [2.05, 4.69) is 10.3 Å². The molecule has 1 aliphatic carbocycles. The highest BCUT2D eigenvalue weighted by atomic mass is 16.5. The SMILES string of the molecule is COc1ccc(C2(C(=O)NC3COCC3Cc3ccncc3)CCCC2)cc1. The zero-order chi connectivity index (χ0) is 19.4. The Bertz CT molecular complexity index is 785. The Morgan fingerprint density at radius 3 is 2.54 bits per heavy atom. The lowest BCUT2D eigenvalue weighted by molar-refractivity contribution is -0.127. The number of amides is 1. The van der Waals surface area contributed by atoms with Crippen LogP contribution in [0.3, 0.4) is 0 Å². The Morgan fingerprint density at radius 1 is 1.14 bits per heavy atom. The number of aromatic nitrogens is 1. The van der Waals surface area contributed by atoms with Gasteiger partial charge in [-0.05, 0) is 54.7 Å². The molecule has 5 nitrogen and oxygen atoms in total. The van der Waals surface area contributed by atoms with E-state index in [0.29, 0.717) is 19.1 Å². The van der Waals surface area contributed by atoms with E-state index in [1.807, 2.05) is 48.8 Å². The molecule has 2 unspecified atom stereocenters. The van der Waals surface area contributed by atoms with Crippen LogP contribution >= 0.6 is 0 Å². The van der Waals surface area contributed by atoms with Gasteiger partial charge in [0.2, 0.25) is 5.91 Å². The van der Waals surface area contributed by atoms with Crippen molar-refractivity contribution in [1.82, 2.24) is 10.3 Å². The number of nitrogens with one attached hydrogen (secondary N) is 1. The number of hydrogen-bond donors (Lipinski definition) is 1. The maximum atomic E-state index is 13.5. The predicted molar refractivity (Wildman–Crippen MR) is 107 cm³/mol. The van der Waals surface area contributed by atoms with Gasteiger partial charge in [-0.3, -0.25) is 9.78 Å². The van der Waals surface area contributed by atoms with Crippen molar-refractivity contribution in [3.8, 4) is 5.75 Å². The zero-order valence-corrected chi connectivity index (χ0v) is 16.4. The minimum Gasteiger partial charge on any atom is -0.497 e. The van der Waals surface area contributed by atoms with Crippen molar-refractivity contribution < 1.29 is 14.3 Å². The second-order valence-electron chi connectivity index (χ2n) is 7.95. The third kappa shape index (κ3) is 3.76. The summed E-state index contributed by atoms with van der Waals surface area (Å²) < 4.78 is 11.0. The van der Waals surface area contributed by atoms with Crippen molar-refractivity contribution in [2.24, 2.45) is 5.92 Å². The minimum atomic E-state index is -0.434. The molecule has 148 valence electrons. The third-order valence-electron chi connectivity index (χ3n) is 6.30. The molecule has 5 heteroatoms.